The number of anilines is 1. The van der Waals surface area contributed by atoms with Gasteiger partial charge in [0, 0.05) is 24.2 Å². The van der Waals surface area contributed by atoms with Crippen LogP contribution in [0.5, 0.6) is 0 Å². The van der Waals surface area contributed by atoms with Gasteiger partial charge >= 0.3 is 0 Å². The zero-order valence-corrected chi connectivity index (χ0v) is 12.1. The smallest absolute Gasteiger partial charge is 0.0527 e. The van der Waals surface area contributed by atoms with E-state index in [2.05, 4.69) is 64.4 Å². The largest absolute Gasteiger partial charge is 0.369 e. The lowest BCUT2D eigenvalue weighted by atomic mass is 9.91. The maximum absolute atomic E-state index is 3.69. The zero-order chi connectivity index (χ0) is 13.1. The summed E-state index contributed by atoms with van der Waals surface area (Å²) in [5.41, 5.74) is 2.73. The standard InChI is InChI=1S/C16H20N2S/c1-18(14-9-11-19-12-14)15-8-5-10-17-16(15)13-6-3-2-4-7-13/h2-4,6-7,9,11-12,15-17H,5,8,10H2,1H3/t15-,16-/m1/s1. The zero-order valence-electron chi connectivity index (χ0n) is 11.3. The molecule has 3 heteroatoms. The van der Waals surface area contributed by atoms with Crippen LogP contribution in [0.25, 0.3) is 0 Å². The highest BCUT2D eigenvalue weighted by Crippen LogP contribution is 2.31. The lowest BCUT2D eigenvalue weighted by Crippen LogP contribution is -2.46. The van der Waals surface area contributed by atoms with Crippen molar-refractivity contribution >= 4 is 17.0 Å². The first-order chi connectivity index (χ1) is 9.36. The van der Waals surface area contributed by atoms with Gasteiger partial charge in [0.2, 0.25) is 0 Å². The van der Waals surface area contributed by atoms with E-state index >= 15 is 0 Å². The molecule has 1 aromatic carbocycles. The average Bonchev–Trinajstić information content (AvgIpc) is 3.02. The molecule has 0 bridgehead atoms. The van der Waals surface area contributed by atoms with Gasteiger partial charge in [-0.3, -0.25) is 0 Å². The molecule has 3 rings (SSSR count). The van der Waals surface area contributed by atoms with Crippen molar-refractivity contribution in [2.45, 2.75) is 24.9 Å². The Hall–Kier alpha value is -1.32. The van der Waals surface area contributed by atoms with Crippen LogP contribution in [0, 0.1) is 0 Å². The van der Waals surface area contributed by atoms with Gasteiger partial charge in [-0.2, -0.15) is 11.3 Å². The molecule has 1 saturated heterocycles. The van der Waals surface area contributed by atoms with E-state index in [9.17, 15) is 0 Å². The van der Waals surface area contributed by atoms with Gasteiger partial charge in [-0.05, 0) is 36.4 Å². The Bertz CT molecular complexity index is 495. The summed E-state index contributed by atoms with van der Waals surface area (Å²) in [4.78, 5) is 2.43. The van der Waals surface area contributed by atoms with Crippen molar-refractivity contribution in [3.63, 3.8) is 0 Å². The molecule has 0 aliphatic carbocycles. The third-order valence-electron chi connectivity index (χ3n) is 4.00. The SMILES string of the molecule is CN(c1ccsc1)[C@@H]1CCCN[C@@H]1c1ccccc1. The van der Waals surface area contributed by atoms with E-state index in [1.165, 1.54) is 24.1 Å². The summed E-state index contributed by atoms with van der Waals surface area (Å²) in [5, 5.41) is 8.08. The molecule has 0 spiro atoms. The molecule has 1 aromatic heterocycles. The number of likely N-dealkylation sites (N-methyl/N-ethyl adjacent to an activating group) is 1. The molecular formula is C16H20N2S. The van der Waals surface area contributed by atoms with Gasteiger partial charge in [0.25, 0.3) is 0 Å². The van der Waals surface area contributed by atoms with E-state index in [-0.39, 0.29) is 0 Å². The normalized spacial score (nSPS) is 23.2. The van der Waals surface area contributed by atoms with Crippen LogP contribution in [0.1, 0.15) is 24.4 Å². The summed E-state index contributed by atoms with van der Waals surface area (Å²) >= 11 is 1.77. The summed E-state index contributed by atoms with van der Waals surface area (Å²) in [7, 11) is 2.22. The minimum absolute atomic E-state index is 0.430. The molecule has 2 aromatic rings. The van der Waals surface area contributed by atoms with E-state index in [0.29, 0.717) is 12.1 Å². The fraction of sp³-hybridized carbons (Fsp3) is 0.375. The van der Waals surface area contributed by atoms with Crippen LogP contribution in [-0.2, 0) is 0 Å². The maximum Gasteiger partial charge on any atom is 0.0527 e. The minimum Gasteiger partial charge on any atom is -0.369 e. The highest BCUT2D eigenvalue weighted by atomic mass is 32.1. The molecule has 0 unspecified atom stereocenters. The van der Waals surface area contributed by atoms with Gasteiger partial charge in [-0.15, -0.1) is 0 Å². The van der Waals surface area contributed by atoms with Crippen molar-refractivity contribution in [1.82, 2.24) is 5.32 Å². The van der Waals surface area contributed by atoms with Gasteiger partial charge in [-0.25, -0.2) is 0 Å². The number of benzene rings is 1. The Morgan fingerprint density at radius 3 is 2.79 bits per heavy atom. The summed E-state index contributed by atoms with van der Waals surface area (Å²) in [6.45, 7) is 1.12. The molecule has 2 nitrogen and oxygen atoms in total. The van der Waals surface area contributed by atoms with E-state index in [1.54, 1.807) is 11.3 Å². The maximum atomic E-state index is 3.69. The monoisotopic (exact) mass is 272 g/mol. The number of piperidine rings is 1. The lowest BCUT2D eigenvalue weighted by molar-refractivity contribution is 0.348. The first-order valence-electron chi connectivity index (χ1n) is 6.89. The Kier molecular flexibility index (Phi) is 3.85. The van der Waals surface area contributed by atoms with Gasteiger partial charge in [-0.1, -0.05) is 30.3 Å². The number of rotatable bonds is 3. The number of hydrogen-bond donors (Lipinski definition) is 1. The first kappa shape index (κ1) is 12.7. The molecule has 1 aliphatic rings. The second-order valence-electron chi connectivity index (χ2n) is 5.14. The van der Waals surface area contributed by atoms with Crippen LogP contribution >= 0.6 is 11.3 Å². The Labute approximate surface area is 119 Å². The third-order valence-corrected chi connectivity index (χ3v) is 4.67. The quantitative estimate of drug-likeness (QED) is 0.917. The van der Waals surface area contributed by atoms with Gasteiger partial charge in [0.15, 0.2) is 0 Å². The second-order valence-corrected chi connectivity index (χ2v) is 5.92. The van der Waals surface area contributed by atoms with E-state index in [0.717, 1.165) is 6.54 Å². The number of thiophene rings is 1. The Balaban J connectivity index is 1.85. The van der Waals surface area contributed by atoms with Crippen LogP contribution in [0.2, 0.25) is 0 Å². The van der Waals surface area contributed by atoms with Gasteiger partial charge in [0.1, 0.15) is 0 Å². The molecule has 0 saturated carbocycles. The fourth-order valence-electron chi connectivity index (χ4n) is 2.94. The Morgan fingerprint density at radius 2 is 2.05 bits per heavy atom. The third kappa shape index (κ3) is 2.67. The number of nitrogens with one attached hydrogen (secondary N) is 1. The topological polar surface area (TPSA) is 15.3 Å². The fourth-order valence-corrected chi connectivity index (χ4v) is 3.62. The predicted molar refractivity (Wildman–Crippen MR) is 82.9 cm³/mol. The molecule has 1 aliphatic heterocycles. The van der Waals surface area contributed by atoms with Crippen LogP contribution in [0.3, 0.4) is 0 Å². The van der Waals surface area contributed by atoms with Gasteiger partial charge in [0.05, 0.1) is 6.04 Å². The molecule has 0 radical (unpaired) electrons. The predicted octanol–water partition coefficient (Wildman–Crippen LogP) is 3.68. The summed E-state index contributed by atoms with van der Waals surface area (Å²) in [6, 6.07) is 14.0. The van der Waals surface area contributed by atoms with Gasteiger partial charge < -0.3 is 10.2 Å². The van der Waals surface area contributed by atoms with Crippen LogP contribution in [0.4, 0.5) is 5.69 Å². The molecular weight excluding hydrogens is 252 g/mol. The van der Waals surface area contributed by atoms with E-state index in [1.807, 2.05) is 0 Å². The lowest BCUT2D eigenvalue weighted by Gasteiger charge is -2.39. The second kappa shape index (κ2) is 5.76. The number of nitrogens with zero attached hydrogens (tertiary/aromatic N) is 1. The van der Waals surface area contributed by atoms with Crippen molar-refractivity contribution < 1.29 is 0 Å². The summed E-state index contributed by atoms with van der Waals surface area (Å²) in [5.74, 6) is 0. The highest BCUT2D eigenvalue weighted by Gasteiger charge is 2.29. The number of hydrogen-bond acceptors (Lipinski definition) is 3. The van der Waals surface area contributed by atoms with Crippen molar-refractivity contribution in [3.05, 3.63) is 52.7 Å². The molecule has 0 amide bonds. The first-order valence-corrected chi connectivity index (χ1v) is 7.84. The van der Waals surface area contributed by atoms with Crippen molar-refractivity contribution in [2.75, 3.05) is 18.5 Å². The molecule has 100 valence electrons. The molecule has 2 heterocycles. The Morgan fingerprint density at radius 1 is 1.21 bits per heavy atom. The summed E-state index contributed by atoms with van der Waals surface area (Å²) < 4.78 is 0. The van der Waals surface area contributed by atoms with Crippen LogP contribution in [-0.4, -0.2) is 19.6 Å². The average molecular weight is 272 g/mol. The molecule has 2 atom stereocenters. The summed E-state index contributed by atoms with van der Waals surface area (Å²) in [6.07, 6.45) is 2.50. The molecule has 1 fully saturated rings. The van der Waals surface area contributed by atoms with Crippen molar-refractivity contribution in [2.24, 2.45) is 0 Å². The molecule has 19 heavy (non-hydrogen) atoms. The van der Waals surface area contributed by atoms with E-state index in [4.69, 9.17) is 0 Å². The molecule has 1 N–H and O–H groups in total. The highest BCUT2D eigenvalue weighted by molar-refractivity contribution is 7.08. The van der Waals surface area contributed by atoms with Crippen molar-refractivity contribution in [1.29, 1.82) is 0 Å². The van der Waals surface area contributed by atoms with Crippen molar-refractivity contribution in [3.8, 4) is 0 Å². The van der Waals surface area contributed by atoms with Crippen LogP contribution < -0.4 is 10.2 Å². The van der Waals surface area contributed by atoms with Crippen LogP contribution in [0.15, 0.2) is 47.2 Å². The minimum atomic E-state index is 0.430. The van der Waals surface area contributed by atoms with E-state index < -0.39 is 0 Å².